The van der Waals surface area contributed by atoms with Gasteiger partial charge < -0.3 is 10.6 Å². The second-order valence-corrected chi connectivity index (χ2v) is 6.13. The number of hydrogen-bond acceptors (Lipinski definition) is 3. The normalized spacial score (nSPS) is 19.6. The number of hydrogen-bond donors (Lipinski definition) is 2. The highest BCUT2D eigenvalue weighted by Crippen LogP contribution is 2.31. The van der Waals surface area contributed by atoms with E-state index in [2.05, 4.69) is 29.5 Å². The number of aromatic nitrogens is 1. The lowest BCUT2D eigenvalue weighted by molar-refractivity contribution is -0.132. The highest BCUT2D eigenvalue weighted by molar-refractivity contribution is 5.82. The molecule has 0 aliphatic carbocycles. The van der Waals surface area contributed by atoms with E-state index in [1.165, 1.54) is 0 Å². The molecule has 1 atom stereocenters. The van der Waals surface area contributed by atoms with Crippen LogP contribution in [0.5, 0.6) is 0 Å². The molecule has 1 unspecified atom stereocenters. The van der Waals surface area contributed by atoms with Crippen molar-refractivity contribution in [3.63, 3.8) is 0 Å². The van der Waals surface area contributed by atoms with E-state index in [9.17, 15) is 4.79 Å². The van der Waals surface area contributed by atoms with Gasteiger partial charge in [0.15, 0.2) is 0 Å². The zero-order chi connectivity index (χ0) is 14.4. The van der Waals surface area contributed by atoms with Gasteiger partial charge in [-0.3, -0.25) is 9.78 Å². The van der Waals surface area contributed by atoms with Crippen molar-refractivity contribution in [2.24, 2.45) is 11.3 Å². The van der Waals surface area contributed by atoms with Crippen LogP contribution >= 0.6 is 0 Å². The van der Waals surface area contributed by atoms with Crippen LogP contribution in [0, 0.1) is 11.3 Å². The molecule has 1 fully saturated rings. The van der Waals surface area contributed by atoms with Gasteiger partial charge in [-0.2, -0.15) is 0 Å². The van der Waals surface area contributed by atoms with Crippen LogP contribution in [0.1, 0.15) is 32.3 Å². The van der Waals surface area contributed by atoms with Crippen molar-refractivity contribution in [1.82, 2.24) is 15.6 Å². The Morgan fingerprint density at radius 2 is 2.40 bits per heavy atom. The molecule has 2 rings (SSSR count). The van der Waals surface area contributed by atoms with E-state index in [-0.39, 0.29) is 11.3 Å². The minimum absolute atomic E-state index is 0.162. The van der Waals surface area contributed by atoms with Crippen LogP contribution < -0.4 is 10.6 Å². The molecule has 4 heteroatoms. The summed E-state index contributed by atoms with van der Waals surface area (Å²) in [6.45, 7) is 6.82. The average Bonchev–Trinajstić information content (AvgIpc) is 2.49. The topological polar surface area (TPSA) is 54.0 Å². The van der Waals surface area contributed by atoms with Crippen molar-refractivity contribution in [2.75, 3.05) is 19.6 Å². The lowest BCUT2D eigenvalue weighted by atomic mass is 9.74. The number of rotatable bonds is 5. The van der Waals surface area contributed by atoms with Crippen LogP contribution in [0.25, 0.3) is 0 Å². The molecule has 20 heavy (non-hydrogen) atoms. The summed E-state index contributed by atoms with van der Waals surface area (Å²) in [5.41, 5.74) is 0.854. The maximum absolute atomic E-state index is 12.4. The van der Waals surface area contributed by atoms with E-state index in [0.29, 0.717) is 12.5 Å². The number of nitrogens with one attached hydrogen (secondary N) is 2. The minimum atomic E-state index is -0.303. The van der Waals surface area contributed by atoms with Crippen LogP contribution in [0.3, 0.4) is 0 Å². The van der Waals surface area contributed by atoms with E-state index in [0.717, 1.165) is 37.9 Å². The Balaban J connectivity index is 1.81. The Hall–Kier alpha value is -1.42. The lowest BCUT2D eigenvalue weighted by Gasteiger charge is -2.36. The third-order valence-corrected chi connectivity index (χ3v) is 4.32. The van der Waals surface area contributed by atoms with E-state index in [4.69, 9.17) is 0 Å². The van der Waals surface area contributed by atoms with Crippen LogP contribution in [-0.2, 0) is 11.2 Å². The van der Waals surface area contributed by atoms with Crippen molar-refractivity contribution in [3.05, 3.63) is 30.1 Å². The van der Waals surface area contributed by atoms with E-state index >= 15 is 0 Å². The molecule has 2 heterocycles. The number of pyridine rings is 1. The smallest absolute Gasteiger partial charge is 0.225 e. The number of nitrogens with zero attached hydrogens (tertiary/aromatic N) is 1. The average molecular weight is 275 g/mol. The molecule has 0 bridgehead atoms. The number of carbonyl (C=O) groups is 1. The molecule has 4 nitrogen and oxygen atoms in total. The van der Waals surface area contributed by atoms with Crippen LogP contribution in [0.4, 0.5) is 0 Å². The van der Waals surface area contributed by atoms with Crippen molar-refractivity contribution in [1.29, 1.82) is 0 Å². The van der Waals surface area contributed by atoms with Gasteiger partial charge in [0.2, 0.25) is 5.91 Å². The molecule has 1 aliphatic heterocycles. The molecule has 1 aromatic rings. The van der Waals surface area contributed by atoms with Gasteiger partial charge >= 0.3 is 0 Å². The van der Waals surface area contributed by atoms with Gasteiger partial charge in [0.25, 0.3) is 0 Å². The molecular formula is C16H25N3O. The number of piperidine rings is 1. The fourth-order valence-electron chi connectivity index (χ4n) is 2.75. The summed E-state index contributed by atoms with van der Waals surface area (Å²) in [6.07, 6.45) is 6.75. The van der Waals surface area contributed by atoms with Crippen molar-refractivity contribution in [3.8, 4) is 0 Å². The standard InChI is InChI=1S/C16H25N3O/c1-16(2,14-6-4-9-18-12-14)15(20)19-10-7-13-5-3-8-17-11-13/h3,5,8,11,14,18H,4,6-7,9-10,12H2,1-2H3,(H,19,20). The third kappa shape index (κ3) is 3.79. The minimum Gasteiger partial charge on any atom is -0.355 e. The third-order valence-electron chi connectivity index (χ3n) is 4.32. The van der Waals surface area contributed by atoms with E-state index < -0.39 is 0 Å². The van der Waals surface area contributed by atoms with Gasteiger partial charge in [0.1, 0.15) is 0 Å². The Morgan fingerprint density at radius 3 is 3.05 bits per heavy atom. The van der Waals surface area contributed by atoms with Crippen LogP contribution in [-0.4, -0.2) is 30.5 Å². The summed E-state index contributed by atoms with van der Waals surface area (Å²) in [5.74, 6) is 0.588. The first-order chi connectivity index (χ1) is 9.60. The molecular weight excluding hydrogens is 250 g/mol. The molecule has 1 aliphatic rings. The summed E-state index contributed by atoms with van der Waals surface area (Å²) in [7, 11) is 0. The maximum Gasteiger partial charge on any atom is 0.225 e. The zero-order valence-corrected chi connectivity index (χ0v) is 12.5. The molecule has 0 saturated carbocycles. The zero-order valence-electron chi connectivity index (χ0n) is 12.5. The second-order valence-electron chi connectivity index (χ2n) is 6.13. The maximum atomic E-state index is 12.4. The quantitative estimate of drug-likeness (QED) is 0.861. The molecule has 0 spiro atoms. The van der Waals surface area contributed by atoms with Crippen molar-refractivity contribution < 1.29 is 4.79 Å². The molecule has 110 valence electrons. The van der Waals surface area contributed by atoms with Crippen LogP contribution in [0.15, 0.2) is 24.5 Å². The fourth-order valence-corrected chi connectivity index (χ4v) is 2.75. The van der Waals surface area contributed by atoms with Crippen molar-refractivity contribution in [2.45, 2.75) is 33.1 Å². The fraction of sp³-hybridized carbons (Fsp3) is 0.625. The SMILES string of the molecule is CC(C)(C(=O)NCCc1cccnc1)C1CCCNC1. The summed E-state index contributed by atoms with van der Waals surface area (Å²) in [5, 5.41) is 6.46. The molecule has 0 radical (unpaired) electrons. The summed E-state index contributed by atoms with van der Waals surface area (Å²) < 4.78 is 0. The molecule has 1 aromatic heterocycles. The summed E-state index contributed by atoms with van der Waals surface area (Å²) in [6, 6.07) is 3.96. The Morgan fingerprint density at radius 1 is 1.55 bits per heavy atom. The van der Waals surface area contributed by atoms with Gasteiger partial charge in [0, 0.05) is 24.4 Å². The Bertz CT molecular complexity index is 425. The predicted octanol–water partition coefficient (Wildman–Crippen LogP) is 1.77. The molecule has 1 amide bonds. The number of amides is 1. The highest BCUT2D eigenvalue weighted by atomic mass is 16.2. The van der Waals surface area contributed by atoms with Gasteiger partial charge in [-0.25, -0.2) is 0 Å². The van der Waals surface area contributed by atoms with E-state index in [1.807, 2.05) is 18.3 Å². The summed E-state index contributed by atoms with van der Waals surface area (Å²) in [4.78, 5) is 16.5. The monoisotopic (exact) mass is 275 g/mol. The molecule has 0 aromatic carbocycles. The van der Waals surface area contributed by atoms with Crippen LogP contribution in [0.2, 0.25) is 0 Å². The van der Waals surface area contributed by atoms with Gasteiger partial charge in [-0.05, 0) is 49.9 Å². The molecule has 2 N–H and O–H groups in total. The molecule has 1 saturated heterocycles. The van der Waals surface area contributed by atoms with Crippen molar-refractivity contribution >= 4 is 5.91 Å². The highest BCUT2D eigenvalue weighted by Gasteiger charge is 2.36. The predicted molar refractivity (Wildman–Crippen MR) is 80.3 cm³/mol. The number of carbonyl (C=O) groups excluding carboxylic acids is 1. The van der Waals surface area contributed by atoms with Gasteiger partial charge in [0.05, 0.1) is 0 Å². The Kier molecular flexibility index (Phi) is 5.12. The van der Waals surface area contributed by atoms with E-state index in [1.54, 1.807) is 6.20 Å². The Labute approximate surface area is 121 Å². The first-order valence-electron chi connectivity index (χ1n) is 7.48. The lowest BCUT2D eigenvalue weighted by Crippen LogP contribution is -2.47. The summed E-state index contributed by atoms with van der Waals surface area (Å²) >= 11 is 0. The second kappa shape index (κ2) is 6.84. The first-order valence-corrected chi connectivity index (χ1v) is 7.48. The van der Waals surface area contributed by atoms with Gasteiger partial charge in [-0.15, -0.1) is 0 Å². The first kappa shape index (κ1) is 15.0. The largest absolute Gasteiger partial charge is 0.355 e. The van der Waals surface area contributed by atoms with Gasteiger partial charge in [-0.1, -0.05) is 19.9 Å².